The van der Waals surface area contributed by atoms with Crippen LogP contribution < -0.4 is 10.5 Å². The van der Waals surface area contributed by atoms with Crippen molar-refractivity contribution in [2.45, 2.75) is 19.9 Å². The van der Waals surface area contributed by atoms with E-state index >= 15 is 0 Å². The van der Waals surface area contributed by atoms with Gasteiger partial charge in [0.2, 0.25) is 0 Å². The van der Waals surface area contributed by atoms with Crippen molar-refractivity contribution < 1.29 is 8.42 Å². The molecule has 1 saturated heterocycles. The Balaban J connectivity index is 2.54. The van der Waals surface area contributed by atoms with E-state index in [4.69, 9.17) is 11.1 Å². The van der Waals surface area contributed by atoms with Gasteiger partial charge in [0.05, 0.1) is 6.04 Å². The highest BCUT2D eigenvalue weighted by atomic mass is 32.2. The fourth-order valence-electron chi connectivity index (χ4n) is 1.80. The molecular formula is C9H21N5O2S. The van der Waals surface area contributed by atoms with Gasteiger partial charge < -0.3 is 5.73 Å². The highest BCUT2D eigenvalue weighted by Crippen LogP contribution is 2.08. The van der Waals surface area contributed by atoms with Crippen LogP contribution in [0.2, 0.25) is 0 Å². The topological polar surface area (TPSA) is 103 Å². The first-order valence-electron chi connectivity index (χ1n) is 5.71. The first kappa shape index (κ1) is 14.4. The molecule has 1 rings (SSSR count). The molecule has 0 radical (unpaired) electrons. The van der Waals surface area contributed by atoms with Crippen molar-refractivity contribution in [3.8, 4) is 0 Å². The zero-order valence-electron chi connectivity index (χ0n) is 10.3. The molecule has 100 valence electrons. The number of amidine groups is 1. The number of nitrogens with two attached hydrogens (primary N) is 1. The average molecular weight is 263 g/mol. The number of nitrogens with one attached hydrogen (secondary N) is 2. The lowest BCUT2D eigenvalue weighted by atomic mass is 10.2. The summed E-state index contributed by atoms with van der Waals surface area (Å²) in [6.45, 7) is 6.09. The first-order chi connectivity index (χ1) is 7.88. The number of hydrogen-bond donors (Lipinski definition) is 3. The fraction of sp³-hybridized carbons (Fsp3) is 0.889. The summed E-state index contributed by atoms with van der Waals surface area (Å²) in [6, 6.07) is -0.126. The molecule has 1 aliphatic rings. The predicted octanol–water partition coefficient (Wildman–Crippen LogP) is -1.22. The zero-order valence-corrected chi connectivity index (χ0v) is 11.1. The lowest BCUT2D eigenvalue weighted by Crippen LogP contribution is -2.55. The standard InChI is InChI=1S/C9H21N5O2S/c1-3-12-17(15,16)14-6-4-13(5-7-14)8(2)9(10)11/h8,12H,3-7H2,1-2H3,(H3,10,11). The van der Waals surface area contributed by atoms with Crippen molar-refractivity contribution in [1.82, 2.24) is 13.9 Å². The van der Waals surface area contributed by atoms with E-state index < -0.39 is 10.2 Å². The molecule has 8 heteroatoms. The molecule has 0 aromatic carbocycles. The minimum Gasteiger partial charge on any atom is -0.386 e. The van der Waals surface area contributed by atoms with Gasteiger partial charge in [-0.05, 0) is 6.92 Å². The molecule has 0 bridgehead atoms. The smallest absolute Gasteiger partial charge is 0.279 e. The van der Waals surface area contributed by atoms with Crippen LogP contribution in [0.25, 0.3) is 0 Å². The SMILES string of the molecule is CCNS(=O)(=O)N1CCN(C(C)C(=N)N)CC1. The second kappa shape index (κ2) is 5.76. The van der Waals surface area contributed by atoms with Crippen LogP contribution in [0.1, 0.15) is 13.8 Å². The second-order valence-electron chi connectivity index (χ2n) is 4.07. The average Bonchev–Trinajstić information content (AvgIpc) is 2.28. The molecule has 1 unspecified atom stereocenters. The maximum atomic E-state index is 11.7. The number of rotatable bonds is 5. The summed E-state index contributed by atoms with van der Waals surface area (Å²) >= 11 is 0. The van der Waals surface area contributed by atoms with Crippen LogP contribution in [0.15, 0.2) is 0 Å². The van der Waals surface area contributed by atoms with Gasteiger partial charge in [-0.3, -0.25) is 10.3 Å². The van der Waals surface area contributed by atoms with Crippen molar-refractivity contribution in [1.29, 1.82) is 5.41 Å². The molecule has 7 nitrogen and oxygen atoms in total. The zero-order chi connectivity index (χ0) is 13.1. The Bertz CT molecular complexity index is 362. The molecule has 0 saturated carbocycles. The molecule has 0 aromatic heterocycles. The highest BCUT2D eigenvalue weighted by molar-refractivity contribution is 7.87. The Morgan fingerprint density at radius 2 is 1.94 bits per heavy atom. The maximum absolute atomic E-state index is 11.7. The maximum Gasteiger partial charge on any atom is 0.279 e. The van der Waals surface area contributed by atoms with Gasteiger partial charge in [0.25, 0.3) is 10.2 Å². The highest BCUT2D eigenvalue weighted by Gasteiger charge is 2.28. The minimum absolute atomic E-state index is 0.119. The van der Waals surface area contributed by atoms with Gasteiger partial charge in [-0.2, -0.15) is 12.7 Å². The van der Waals surface area contributed by atoms with Crippen molar-refractivity contribution in [3.63, 3.8) is 0 Å². The van der Waals surface area contributed by atoms with Crippen LogP contribution in [0.4, 0.5) is 0 Å². The molecular weight excluding hydrogens is 242 g/mol. The van der Waals surface area contributed by atoms with Gasteiger partial charge in [0, 0.05) is 32.7 Å². The third-order valence-corrected chi connectivity index (χ3v) is 4.64. The molecule has 0 amide bonds. The molecule has 0 spiro atoms. The largest absolute Gasteiger partial charge is 0.386 e. The molecule has 17 heavy (non-hydrogen) atoms. The van der Waals surface area contributed by atoms with E-state index in [0.29, 0.717) is 32.7 Å². The first-order valence-corrected chi connectivity index (χ1v) is 7.15. The Kier molecular flexibility index (Phi) is 4.87. The normalized spacial score (nSPS) is 21.3. The van der Waals surface area contributed by atoms with E-state index in [2.05, 4.69) is 4.72 Å². The van der Waals surface area contributed by atoms with Crippen LogP contribution in [0.3, 0.4) is 0 Å². The quantitative estimate of drug-likeness (QED) is 0.427. The fourth-order valence-corrected chi connectivity index (χ4v) is 2.99. The lowest BCUT2D eigenvalue weighted by Gasteiger charge is -2.36. The summed E-state index contributed by atoms with van der Waals surface area (Å²) in [5, 5.41) is 7.37. The Morgan fingerprint density at radius 1 is 1.41 bits per heavy atom. The van der Waals surface area contributed by atoms with E-state index in [0.717, 1.165) is 0 Å². The summed E-state index contributed by atoms with van der Waals surface area (Å²) in [7, 11) is -3.33. The van der Waals surface area contributed by atoms with E-state index in [1.807, 2.05) is 11.8 Å². The van der Waals surface area contributed by atoms with E-state index in [1.165, 1.54) is 4.31 Å². The van der Waals surface area contributed by atoms with Crippen molar-refractivity contribution in [2.75, 3.05) is 32.7 Å². The third kappa shape index (κ3) is 3.63. The van der Waals surface area contributed by atoms with Gasteiger partial charge in [0.15, 0.2) is 0 Å². The van der Waals surface area contributed by atoms with E-state index in [-0.39, 0.29) is 11.9 Å². The summed E-state index contributed by atoms with van der Waals surface area (Å²) in [6.07, 6.45) is 0. The van der Waals surface area contributed by atoms with Gasteiger partial charge >= 0.3 is 0 Å². The molecule has 0 aromatic rings. The van der Waals surface area contributed by atoms with Crippen LogP contribution in [-0.2, 0) is 10.2 Å². The Labute approximate surface area is 103 Å². The molecule has 1 aliphatic heterocycles. The third-order valence-electron chi connectivity index (χ3n) is 2.94. The van der Waals surface area contributed by atoms with Crippen LogP contribution >= 0.6 is 0 Å². The van der Waals surface area contributed by atoms with E-state index in [9.17, 15) is 8.42 Å². The minimum atomic E-state index is -3.33. The number of piperazine rings is 1. The van der Waals surface area contributed by atoms with Crippen LogP contribution in [-0.4, -0.2) is 62.2 Å². The summed E-state index contributed by atoms with van der Waals surface area (Å²) < 4.78 is 27.4. The van der Waals surface area contributed by atoms with Crippen LogP contribution in [0.5, 0.6) is 0 Å². The number of nitrogens with zero attached hydrogens (tertiary/aromatic N) is 2. The van der Waals surface area contributed by atoms with Gasteiger partial charge in [0.1, 0.15) is 5.84 Å². The molecule has 1 atom stereocenters. The molecule has 1 fully saturated rings. The Hall–Kier alpha value is -0.700. The molecule has 4 N–H and O–H groups in total. The summed E-state index contributed by atoms with van der Waals surface area (Å²) in [5.41, 5.74) is 5.43. The van der Waals surface area contributed by atoms with Crippen LogP contribution in [0, 0.1) is 5.41 Å². The predicted molar refractivity (Wildman–Crippen MR) is 67.1 cm³/mol. The second-order valence-corrected chi connectivity index (χ2v) is 5.82. The molecule has 1 heterocycles. The summed E-state index contributed by atoms with van der Waals surface area (Å²) in [5.74, 6) is 0.119. The van der Waals surface area contributed by atoms with E-state index in [1.54, 1.807) is 6.92 Å². The van der Waals surface area contributed by atoms with Crippen molar-refractivity contribution in [3.05, 3.63) is 0 Å². The van der Waals surface area contributed by atoms with Crippen molar-refractivity contribution in [2.24, 2.45) is 5.73 Å². The van der Waals surface area contributed by atoms with Gasteiger partial charge in [-0.25, -0.2) is 4.72 Å². The Morgan fingerprint density at radius 3 is 2.35 bits per heavy atom. The van der Waals surface area contributed by atoms with Gasteiger partial charge in [-0.15, -0.1) is 0 Å². The summed E-state index contributed by atoms with van der Waals surface area (Å²) in [4.78, 5) is 2.01. The molecule has 0 aliphatic carbocycles. The monoisotopic (exact) mass is 263 g/mol. The lowest BCUT2D eigenvalue weighted by molar-refractivity contribution is 0.172. The van der Waals surface area contributed by atoms with Crippen molar-refractivity contribution >= 4 is 16.0 Å². The van der Waals surface area contributed by atoms with Gasteiger partial charge in [-0.1, -0.05) is 6.92 Å². The number of hydrogen-bond acceptors (Lipinski definition) is 4.